The zero-order valence-electron chi connectivity index (χ0n) is 17.4. The minimum atomic E-state index is -4.70. The molecule has 35 heavy (non-hydrogen) atoms. The second kappa shape index (κ2) is 10.7. The first-order chi connectivity index (χ1) is 16.3. The highest BCUT2D eigenvalue weighted by Gasteiger charge is 2.32. The normalized spacial score (nSPS) is 12.1. The first-order valence-electron chi connectivity index (χ1n) is 9.64. The topological polar surface area (TPSA) is 66.5 Å². The lowest BCUT2D eigenvalue weighted by Gasteiger charge is -2.23. The molecule has 0 fully saturated rings. The summed E-state index contributed by atoms with van der Waals surface area (Å²) in [4.78, 5) is 12.5. The van der Waals surface area contributed by atoms with Gasteiger partial charge in [-0.3, -0.25) is 4.79 Å². The highest BCUT2D eigenvalue weighted by Crippen LogP contribution is 2.34. The molecule has 3 aromatic carbocycles. The molecule has 13 heteroatoms. The molecule has 0 aliphatic rings. The number of nitrogens with one attached hydrogen (secondary N) is 1. The number of alkyl halides is 3. The van der Waals surface area contributed by atoms with Gasteiger partial charge in [0.25, 0.3) is 0 Å². The Morgan fingerprint density at radius 1 is 0.943 bits per heavy atom. The highest BCUT2D eigenvalue weighted by atomic mass is 35.5. The number of benzene rings is 3. The van der Waals surface area contributed by atoms with Crippen LogP contribution in [0, 0.1) is 5.82 Å². The monoisotopic (exact) mass is 568 g/mol. The number of sulfonamides is 1. The van der Waals surface area contributed by atoms with E-state index in [4.69, 9.17) is 34.8 Å². The lowest BCUT2D eigenvalue weighted by atomic mass is 10.2. The minimum Gasteiger partial charge on any atom is -0.324 e. The van der Waals surface area contributed by atoms with Crippen molar-refractivity contribution in [1.82, 2.24) is 4.31 Å². The first-order valence-corrected chi connectivity index (χ1v) is 12.2. The van der Waals surface area contributed by atoms with Gasteiger partial charge in [-0.2, -0.15) is 17.5 Å². The van der Waals surface area contributed by atoms with Crippen LogP contribution in [-0.4, -0.2) is 25.2 Å². The van der Waals surface area contributed by atoms with Crippen LogP contribution in [-0.2, 0) is 27.5 Å². The van der Waals surface area contributed by atoms with Crippen molar-refractivity contribution in [2.75, 3.05) is 11.9 Å². The quantitative estimate of drug-likeness (QED) is 0.325. The fraction of sp³-hybridized carbons (Fsp3) is 0.136. The standard InChI is InChI=1S/C22H15Cl3F4N2O3S/c23-14-5-7-15(8-6-14)35(33,34)31(11-16-17(24)2-1-3-19(16)26)12-21(32)30-20-10-13(22(27,28)29)4-9-18(20)25/h1-10H,11-12H2,(H,30,32). The van der Waals surface area contributed by atoms with Crippen molar-refractivity contribution in [3.8, 4) is 0 Å². The number of hydrogen-bond donors (Lipinski definition) is 1. The summed E-state index contributed by atoms with van der Waals surface area (Å²) in [5, 5.41) is 2.15. The second-order valence-electron chi connectivity index (χ2n) is 7.17. The predicted molar refractivity (Wildman–Crippen MR) is 126 cm³/mol. The van der Waals surface area contributed by atoms with Gasteiger partial charge < -0.3 is 5.32 Å². The number of hydrogen-bond acceptors (Lipinski definition) is 3. The molecule has 3 aromatic rings. The third kappa shape index (κ3) is 6.65. The summed E-state index contributed by atoms with van der Waals surface area (Å²) in [6.07, 6.45) is -4.70. The molecule has 0 spiro atoms. The second-order valence-corrected chi connectivity index (χ2v) is 10.4. The highest BCUT2D eigenvalue weighted by molar-refractivity contribution is 7.89. The Morgan fingerprint density at radius 3 is 2.20 bits per heavy atom. The van der Waals surface area contributed by atoms with Crippen LogP contribution in [0.1, 0.15) is 11.1 Å². The first kappa shape index (κ1) is 27.2. The number of carbonyl (C=O) groups excluding carboxylic acids is 1. The Bertz CT molecular complexity index is 1330. The maximum Gasteiger partial charge on any atom is 0.416 e. The summed E-state index contributed by atoms with van der Waals surface area (Å²) in [7, 11) is -4.40. The average Bonchev–Trinajstić information content (AvgIpc) is 2.76. The fourth-order valence-corrected chi connectivity index (χ4v) is 4.87. The van der Waals surface area contributed by atoms with Crippen molar-refractivity contribution in [3.05, 3.63) is 92.7 Å². The van der Waals surface area contributed by atoms with Gasteiger partial charge >= 0.3 is 6.18 Å². The predicted octanol–water partition coefficient (Wildman–Crippen LogP) is 6.63. The molecule has 0 aliphatic carbocycles. The van der Waals surface area contributed by atoms with E-state index in [9.17, 15) is 30.8 Å². The lowest BCUT2D eigenvalue weighted by molar-refractivity contribution is -0.137. The summed E-state index contributed by atoms with van der Waals surface area (Å²) >= 11 is 17.8. The van der Waals surface area contributed by atoms with Crippen LogP contribution in [0.15, 0.2) is 65.6 Å². The number of amides is 1. The van der Waals surface area contributed by atoms with E-state index in [0.717, 1.165) is 18.2 Å². The van der Waals surface area contributed by atoms with Gasteiger partial charge in [-0.1, -0.05) is 40.9 Å². The minimum absolute atomic E-state index is 0.0809. The van der Waals surface area contributed by atoms with Crippen LogP contribution in [0.4, 0.5) is 23.2 Å². The number of anilines is 1. The van der Waals surface area contributed by atoms with Crippen LogP contribution in [0.3, 0.4) is 0 Å². The molecule has 0 aliphatic heterocycles. The van der Waals surface area contributed by atoms with Crippen molar-refractivity contribution < 1.29 is 30.8 Å². The van der Waals surface area contributed by atoms with Crippen LogP contribution < -0.4 is 5.32 Å². The van der Waals surface area contributed by atoms with Crippen molar-refractivity contribution in [3.63, 3.8) is 0 Å². The SMILES string of the molecule is O=C(CN(Cc1c(F)cccc1Cl)S(=O)(=O)c1ccc(Cl)cc1)Nc1cc(C(F)(F)F)ccc1Cl. The number of halogens is 7. The van der Waals surface area contributed by atoms with E-state index in [1.54, 1.807) is 0 Å². The molecule has 3 rings (SSSR count). The summed E-state index contributed by atoms with van der Waals surface area (Å²) in [5.41, 5.74) is -1.64. The molecule has 0 unspecified atom stereocenters. The van der Waals surface area contributed by atoms with Gasteiger partial charge in [0.1, 0.15) is 5.82 Å². The van der Waals surface area contributed by atoms with Gasteiger partial charge in [0.2, 0.25) is 15.9 Å². The number of carbonyl (C=O) groups is 1. The average molecular weight is 570 g/mol. The van der Waals surface area contributed by atoms with E-state index in [0.29, 0.717) is 10.4 Å². The van der Waals surface area contributed by atoms with Crippen molar-refractivity contribution >= 4 is 56.4 Å². The van der Waals surface area contributed by atoms with Crippen LogP contribution >= 0.6 is 34.8 Å². The van der Waals surface area contributed by atoms with Crippen LogP contribution in [0.25, 0.3) is 0 Å². The van der Waals surface area contributed by atoms with E-state index in [-0.39, 0.29) is 31.2 Å². The number of nitrogens with zero attached hydrogens (tertiary/aromatic N) is 1. The third-order valence-corrected chi connectivity index (χ3v) is 7.48. The summed E-state index contributed by atoms with van der Waals surface area (Å²) in [5.74, 6) is -1.83. The summed E-state index contributed by atoms with van der Waals surface area (Å²) in [6, 6.07) is 11.0. The van der Waals surface area contributed by atoms with Gasteiger partial charge in [-0.15, -0.1) is 0 Å². The molecular weight excluding hydrogens is 555 g/mol. The molecule has 0 aromatic heterocycles. The zero-order valence-corrected chi connectivity index (χ0v) is 20.5. The Hall–Kier alpha value is -2.37. The molecule has 0 atom stereocenters. The van der Waals surface area contributed by atoms with Gasteiger partial charge in [0.05, 0.1) is 27.7 Å². The third-order valence-electron chi connectivity index (χ3n) is 4.74. The van der Waals surface area contributed by atoms with Crippen molar-refractivity contribution in [1.29, 1.82) is 0 Å². The van der Waals surface area contributed by atoms with E-state index in [2.05, 4.69) is 5.32 Å². The van der Waals surface area contributed by atoms with E-state index in [1.807, 2.05) is 0 Å². The van der Waals surface area contributed by atoms with E-state index < -0.39 is 46.6 Å². The van der Waals surface area contributed by atoms with Gasteiger partial charge in [0, 0.05) is 22.2 Å². The smallest absolute Gasteiger partial charge is 0.324 e. The molecule has 0 heterocycles. The van der Waals surface area contributed by atoms with E-state index in [1.165, 1.54) is 36.4 Å². The molecule has 0 bridgehead atoms. The lowest BCUT2D eigenvalue weighted by Crippen LogP contribution is -2.38. The Labute approximate surface area is 213 Å². The fourth-order valence-electron chi connectivity index (χ4n) is 2.99. The molecule has 1 N–H and O–H groups in total. The van der Waals surface area contributed by atoms with Gasteiger partial charge in [-0.25, -0.2) is 12.8 Å². The van der Waals surface area contributed by atoms with Gasteiger partial charge in [0.15, 0.2) is 0 Å². The maximum atomic E-state index is 14.4. The van der Waals surface area contributed by atoms with Crippen LogP contribution in [0.5, 0.6) is 0 Å². The van der Waals surface area contributed by atoms with E-state index >= 15 is 0 Å². The molecule has 0 radical (unpaired) electrons. The Balaban J connectivity index is 1.95. The molecule has 0 saturated heterocycles. The molecule has 1 amide bonds. The zero-order chi connectivity index (χ0) is 26.0. The summed E-state index contributed by atoms with van der Waals surface area (Å²) < 4.78 is 80.7. The molecule has 0 saturated carbocycles. The van der Waals surface area contributed by atoms with Crippen LogP contribution in [0.2, 0.25) is 15.1 Å². The Morgan fingerprint density at radius 2 is 1.60 bits per heavy atom. The van der Waals surface area contributed by atoms with Gasteiger partial charge in [-0.05, 0) is 54.6 Å². The maximum absolute atomic E-state index is 14.4. The van der Waals surface area contributed by atoms with Crippen molar-refractivity contribution in [2.45, 2.75) is 17.6 Å². The number of rotatable bonds is 7. The Kier molecular flexibility index (Phi) is 8.33. The summed E-state index contributed by atoms with van der Waals surface area (Å²) in [6.45, 7) is -1.53. The van der Waals surface area contributed by atoms with Crippen molar-refractivity contribution in [2.24, 2.45) is 0 Å². The molecular formula is C22H15Cl3F4N2O3S. The molecule has 5 nitrogen and oxygen atoms in total. The molecule has 186 valence electrons. The largest absolute Gasteiger partial charge is 0.416 e.